The minimum atomic E-state index is -1.16. The van der Waals surface area contributed by atoms with Gasteiger partial charge >= 0.3 is 12.2 Å². The Morgan fingerprint density at radius 3 is 1.23 bits per heavy atom. The van der Waals surface area contributed by atoms with Gasteiger partial charge in [0, 0.05) is 27.2 Å². The molecule has 6 aromatic rings. The highest BCUT2D eigenvalue weighted by molar-refractivity contribution is 5.88. The van der Waals surface area contributed by atoms with Crippen molar-refractivity contribution in [2.24, 2.45) is 10.8 Å². The lowest BCUT2D eigenvalue weighted by atomic mass is 10.0. The molecule has 4 amide bonds. The number of H-pyrrole nitrogens is 2. The van der Waals surface area contributed by atoms with Crippen LogP contribution in [0.4, 0.5) is 9.59 Å². The molecule has 64 heavy (non-hydrogen) atoms. The topological polar surface area (TPSA) is 179 Å². The largest absolute Gasteiger partial charge is 0.465 e. The van der Waals surface area contributed by atoms with E-state index in [0.717, 1.165) is 82.0 Å². The summed E-state index contributed by atoms with van der Waals surface area (Å²) in [7, 11) is 2.89. The van der Waals surface area contributed by atoms with E-state index in [1.807, 2.05) is 70.5 Å². The Labute approximate surface area is 370 Å². The lowest BCUT2D eigenvalue weighted by molar-refractivity contribution is -0.138. The molecule has 4 N–H and O–H groups in total. The number of likely N-dealkylation sites (tertiary alicyclic amines) is 2. The van der Waals surface area contributed by atoms with Gasteiger partial charge in [0.25, 0.3) is 11.8 Å². The van der Waals surface area contributed by atoms with E-state index in [0.29, 0.717) is 35.9 Å². The van der Waals surface area contributed by atoms with Gasteiger partial charge in [0.2, 0.25) is 0 Å². The highest BCUT2D eigenvalue weighted by Crippen LogP contribution is 2.60. The molecule has 0 radical (unpaired) electrons. The van der Waals surface area contributed by atoms with E-state index in [4.69, 9.17) is 9.97 Å². The van der Waals surface area contributed by atoms with E-state index >= 15 is 0 Å². The SMILES string of the molecule is CN(C(=O)O)[C@@H](C(=O)N1CC2(CC2)C[C@H]1c1ncc(-c2ccc(-c3ccc(-c4cnc([C@@H]5CC6(CC6)CN5C(=O)[C@@H](c5ccccc5)N(C)C(=O)O)[nH]4)cc3)cc2)[nH]1)c1ccccc1. The van der Waals surface area contributed by atoms with Crippen molar-refractivity contribution >= 4 is 24.0 Å². The summed E-state index contributed by atoms with van der Waals surface area (Å²) in [6, 6.07) is 32.1. The van der Waals surface area contributed by atoms with Crippen LogP contribution < -0.4 is 0 Å². The molecular formula is C50H50N8O6. The lowest BCUT2D eigenvalue weighted by Crippen LogP contribution is -2.43. The second-order valence-corrected chi connectivity index (χ2v) is 18.3. The highest BCUT2D eigenvalue weighted by atomic mass is 16.4. The third kappa shape index (κ3) is 7.56. The number of aromatic amines is 2. The van der Waals surface area contributed by atoms with Gasteiger partial charge in [-0.1, -0.05) is 109 Å². The second-order valence-electron chi connectivity index (χ2n) is 18.3. The number of rotatable bonds is 11. The predicted octanol–water partition coefficient (Wildman–Crippen LogP) is 8.94. The number of likely N-dealkylation sites (N-methyl/N-ethyl adjacent to an activating group) is 2. The number of imidazole rings is 2. The Balaban J connectivity index is 0.837. The van der Waals surface area contributed by atoms with E-state index in [1.54, 1.807) is 36.7 Å². The zero-order valence-electron chi connectivity index (χ0n) is 35.7. The molecule has 2 aromatic heterocycles. The van der Waals surface area contributed by atoms with Gasteiger partial charge in [-0.2, -0.15) is 0 Å². The summed E-state index contributed by atoms with van der Waals surface area (Å²) < 4.78 is 0. The van der Waals surface area contributed by atoms with Crippen LogP contribution in [0.1, 0.15) is 85.5 Å². The average molecular weight is 859 g/mol. The summed E-state index contributed by atoms with van der Waals surface area (Å²) in [4.78, 5) is 75.3. The molecule has 2 saturated heterocycles. The number of benzene rings is 4. The number of hydrogen-bond donors (Lipinski definition) is 4. The predicted molar refractivity (Wildman–Crippen MR) is 238 cm³/mol. The van der Waals surface area contributed by atoms with Crippen LogP contribution in [-0.4, -0.2) is 101 Å². The van der Waals surface area contributed by atoms with E-state index in [2.05, 4.69) is 34.2 Å². The summed E-state index contributed by atoms with van der Waals surface area (Å²) in [5, 5.41) is 19.9. The van der Waals surface area contributed by atoms with Crippen molar-refractivity contribution in [2.75, 3.05) is 27.2 Å². The minimum Gasteiger partial charge on any atom is -0.465 e. The molecule has 4 fully saturated rings. The molecule has 0 bridgehead atoms. The number of aromatic nitrogens is 4. The summed E-state index contributed by atoms with van der Waals surface area (Å²) in [5.41, 5.74) is 6.98. The van der Waals surface area contributed by atoms with Crippen molar-refractivity contribution in [1.29, 1.82) is 0 Å². The summed E-state index contributed by atoms with van der Waals surface area (Å²) >= 11 is 0. The van der Waals surface area contributed by atoms with Gasteiger partial charge in [0.15, 0.2) is 0 Å². The maximum Gasteiger partial charge on any atom is 0.407 e. The highest BCUT2D eigenvalue weighted by Gasteiger charge is 2.56. The fourth-order valence-corrected chi connectivity index (χ4v) is 10.0. The van der Waals surface area contributed by atoms with Crippen molar-refractivity contribution in [3.63, 3.8) is 0 Å². The molecule has 326 valence electrons. The third-order valence-corrected chi connectivity index (χ3v) is 14.1. The molecule has 2 spiro atoms. The van der Waals surface area contributed by atoms with Crippen LogP contribution in [-0.2, 0) is 9.59 Å². The zero-order valence-corrected chi connectivity index (χ0v) is 35.7. The third-order valence-electron chi connectivity index (χ3n) is 14.1. The van der Waals surface area contributed by atoms with Crippen LogP contribution in [0, 0.1) is 10.8 Å². The Hall–Kier alpha value is -7.22. The Bertz CT molecular complexity index is 2520. The molecule has 14 heteroatoms. The van der Waals surface area contributed by atoms with Gasteiger partial charge < -0.3 is 30.0 Å². The molecule has 0 unspecified atom stereocenters. The first-order chi connectivity index (χ1) is 30.9. The van der Waals surface area contributed by atoms with E-state index in [9.17, 15) is 29.4 Å². The van der Waals surface area contributed by atoms with Gasteiger partial charge in [-0.3, -0.25) is 19.4 Å². The molecule has 2 aliphatic heterocycles. The average Bonchev–Trinajstić information content (AvgIpc) is 3.89. The number of carbonyl (C=O) groups excluding carboxylic acids is 2. The maximum absolute atomic E-state index is 14.3. The zero-order chi connectivity index (χ0) is 44.3. The van der Waals surface area contributed by atoms with Crippen LogP contribution in [0.25, 0.3) is 33.6 Å². The lowest BCUT2D eigenvalue weighted by Gasteiger charge is -2.32. The number of amides is 4. The van der Waals surface area contributed by atoms with Crippen molar-refractivity contribution in [3.8, 4) is 33.6 Å². The fourth-order valence-electron chi connectivity index (χ4n) is 10.0. The first-order valence-corrected chi connectivity index (χ1v) is 21.8. The van der Waals surface area contributed by atoms with E-state index < -0.39 is 24.3 Å². The molecule has 4 aliphatic rings. The fraction of sp³-hybridized carbons (Fsp3) is 0.320. The number of nitrogens with zero attached hydrogens (tertiary/aromatic N) is 6. The van der Waals surface area contributed by atoms with Crippen molar-refractivity contribution in [2.45, 2.75) is 62.7 Å². The smallest absolute Gasteiger partial charge is 0.407 e. The number of nitrogens with one attached hydrogen (secondary N) is 2. The van der Waals surface area contributed by atoms with Gasteiger partial charge in [-0.05, 0) is 82.7 Å². The van der Waals surface area contributed by atoms with E-state index in [1.165, 1.54) is 14.1 Å². The number of carbonyl (C=O) groups is 4. The van der Waals surface area contributed by atoms with Gasteiger partial charge in [0.05, 0.1) is 35.9 Å². The second kappa shape index (κ2) is 15.8. The molecule has 2 aliphatic carbocycles. The molecule has 4 heterocycles. The van der Waals surface area contributed by atoms with Crippen LogP contribution in [0.5, 0.6) is 0 Å². The van der Waals surface area contributed by atoms with Gasteiger partial charge in [0.1, 0.15) is 23.7 Å². The Morgan fingerprint density at radius 1 is 0.562 bits per heavy atom. The minimum absolute atomic E-state index is 0.0408. The normalized spacial score (nSPS) is 20.0. The first-order valence-electron chi connectivity index (χ1n) is 21.8. The van der Waals surface area contributed by atoms with E-state index in [-0.39, 0.29) is 34.7 Å². The van der Waals surface area contributed by atoms with Crippen LogP contribution in [0.2, 0.25) is 0 Å². The van der Waals surface area contributed by atoms with Crippen molar-refractivity contribution < 1.29 is 29.4 Å². The van der Waals surface area contributed by atoms with Crippen molar-refractivity contribution in [1.82, 2.24) is 39.5 Å². The van der Waals surface area contributed by atoms with Crippen LogP contribution in [0.3, 0.4) is 0 Å². The number of carboxylic acid groups (broad SMARTS) is 2. The Morgan fingerprint density at radius 2 is 0.906 bits per heavy atom. The molecular weight excluding hydrogens is 809 g/mol. The van der Waals surface area contributed by atoms with Crippen LogP contribution in [0.15, 0.2) is 122 Å². The quantitative estimate of drug-likeness (QED) is 0.0997. The molecule has 4 atom stereocenters. The first kappa shape index (κ1) is 40.8. The summed E-state index contributed by atoms with van der Waals surface area (Å²) in [6.07, 6.45) is 6.96. The van der Waals surface area contributed by atoms with Crippen molar-refractivity contribution in [3.05, 3.63) is 144 Å². The Kier molecular flexibility index (Phi) is 10.1. The number of hydrogen-bond acceptors (Lipinski definition) is 6. The molecule has 14 nitrogen and oxygen atoms in total. The molecule has 4 aromatic carbocycles. The summed E-state index contributed by atoms with van der Waals surface area (Å²) in [5.74, 6) is 0.898. The molecule has 10 rings (SSSR count). The van der Waals surface area contributed by atoms with Gasteiger partial charge in [-0.15, -0.1) is 0 Å². The molecule has 2 saturated carbocycles. The monoisotopic (exact) mass is 858 g/mol. The van der Waals surface area contributed by atoms with Crippen LogP contribution >= 0.6 is 0 Å². The standard InChI is InChI=1S/C50H50N8O6/c1-55(47(61)62)41(35-9-5-3-6-10-35)45(59)57-29-49(21-22-49)25-39(57)43-51-27-37(53-43)33-17-13-31(14-18-33)32-15-19-34(20-16-32)38-28-52-44(54-38)40-26-50(23-24-50)30-58(40)46(60)42(56(2)48(63)64)36-11-7-4-8-12-36/h3-20,27-28,39-42H,21-26,29-30H2,1-2H3,(H,51,53)(H,52,54)(H,61,62)(H,63,64)/t39-,40-,41+,42+/m0/s1. The summed E-state index contributed by atoms with van der Waals surface area (Å²) in [6.45, 7) is 1.14. The maximum atomic E-state index is 14.3. The van der Waals surface area contributed by atoms with Gasteiger partial charge in [-0.25, -0.2) is 19.6 Å².